The quantitative estimate of drug-likeness (QED) is 0.330. The van der Waals surface area contributed by atoms with Gasteiger partial charge in [0, 0.05) is 29.8 Å². The van der Waals surface area contributed by atoms with Crippen molar-refractivity contribution in [2.45, 2.75) is 46.1 Å². The third-order valence-electron chi connectivity index (χ3n) is 5.14. The van der Waals surface area contributed by atoms with Crippen molar-refractivity contribution in [2.75, 3.05) is 0 Å². The van der Waals surface area contributed by atoms with E-state index < -0.39 is 17.9 Å². The van der Waals surface area contributed by atoms with Crippen LogP contribution in [0, 0.1) is 17.6 Å². The number of fused-ring (bicyclic) bond motifs is 1. The predicted octanol–water partition coefficient (Wildman–Crippen LogP) is 7.10. The molecule has 0 amide bonds. The van der Waals surface area contributed by atoms with Gasteiger partial charge in [-0.25, -0.2) is 8.78 Å². The first-order valence-corrected chi connectivity index (χ1v) is 10.6. The monoisotopic (exact) mass is 469 g/mol. The second kappa shape index (κ2) is 9.96. The van der Waals surface area contributed by atoms with Crippen molar-refractivity contribution in [1.82, 2.24) is 5.32 Å². The molecule has 1 N–H and O–H groups in total. The van der Waals surface area contributed by atoms with Crippen LogP contribution in [-0.2, 0) is 6.54 Å². The normalized spacial score (nSPS) is 17.1. The Balaban J connectivity index is 1.82. The molecule has 0 aliphatic carbocycles. The molecular formula is C24H24ClF4NO2. The van der Waals surface area contributed by atoms with E-state index in [9.17, 15) is 17.6 Å². The summed E-state index contributed by atoms with van der Waals surface area (Å²) in [6.45, 7) is 5.88. The van der Waals surface area contributed by atoms with Crippen LogP contribution in [0.25, 0.3) is 5.57 Å². The number of alkyl halides is 2. The molecule has 3 nitrogen and oxygen atoms in total. The zero-order valence-electron chi connectivity index (χ0n) is 17.9. The van der Waals surface area contributed by atoms with Crippen LogP contribution in [0.1, 0.15) is 38.3 Å². The lowest BCUT2D eigenvalue weighted by Gasteiger charge is -2.13. The summed E-state index contributed by atoms with van der Waals surface area (Å²) in [5.41, 5.74) is 1.18. The second-order valence-electron chi connectivity index (χ2n) is 7.68. The highest BCUT2D eigenvalue weighted by Crippen LogP contribution is 2.45. The van der Waals surface area contributed by atoms with Crippen molar-refractivity contribution in [2.24, 2.45) is 5.92 Å². The third kappa shape index (κ3) is 5.84. The first kappa shape index (κ1) is 24.1. The van der Waals surface area contributed by atoms with Gasteiger partial charge in [0.1, 0.15) is 11.6 Å². The topological polar surface area (TPSA) is 30.5 Å². The number of rotatable bonds is 8. The van der Waals surface area contributed by atoms with E-state index in [-0.39, 0.29) is 40.6 Å². The van der Waals surface area contributed by atoms with Crippen LogP contribution in [0.15, 0.2) is 48.6 Å². The molecule has 2 unspecified atom stereocenters. The molecular weight excluding hydrogens is 446 g/mol. The number of hydrogen-bond acceptors (Lipinski definition) is 3. The van der Waals surface area contributed by atoms with Gasteiger partial charge in [-0.15, -0.1) is 8.78 Å². The van der Waals surface area contributed by atoms with E-state index in [0.717, 1.165) is 6.42 Å². The Bertz CT molecular complexity index is 1020. The summed E-state index contributed by atoms with van der Waals surface area (Å²) < 4.78 is 63.5. The Morgan fingerprint density at radius 2 is 1.75 bits per heavy atom. The van der Waals surface area contributed by atoms with Crippen LogP contribution in [0.5, 0.6) is 11.5 Å². The van der Waals surface area contributed by atoms with Gasteiger partial charge in [-0.3, -0.25) is 0 Å². The molecule has 1 heterocycles. The lowest BCUT2D eigenvalue weighted by Crippen LogP contribution is -2.25. The number of benzene rings is 2. The minimum Gasteiger partial charge on any atom is -0.395 e. The van der Waals surface area contributed by atoms with Crippen molar-refractivity contribution in [3.05, 3.63) is 76.3 Å². The van der Waals surface area contributed by atoms with Gasteiger partial charge in [0.2, 0.25) is 0 Å². The largest absolute Gasteiger partial charge is 0.586 e. The zero-order chi connectivity index (χ0) is 23.5. The van der Waals surface area contributed by atoms with Crippen LogP contribution in [-0.4, -0.2) is 12.3 Å². The minimum absolute atomic E-state index is 0.00822. The number of hydrogen-bond donors (Lipinski definition) is 1. The maximum atomic E-state index is 13.8. The Morgan fingerprint density at radius 3 is 2.38 bits per heavy atom. The summed E-state index contributed by atoms with van der Waals surface area (Å²) in [4.78, 5) is 0. The van der Waals surface area contributed by atoms with Gasteiger partial charge < -0.3 is 14.8 Å². The summed E-state index contributed by atoms with van der Waals surface area (Å²) in [6, 6.07) is 6.20. The smallest absolute Gasteiger partial charge is 0.395 e. The number of halogens is 5. The number of ether oxygens (including phenoxy) is 2. The Hall–Kier alpha value is -2.51. The maximum absolute atomic E-state index is 13.8. The van der Waals surface area contributed by atoms with E-state index in [4.69, 9.17) is 11.6 Å². The molecule has 1 aliphatic rings. The van der Waals surface area contributed by atoms with Gasteiger partial charge in [-0.1, -0.05) is 56.2 Å². The fraction of sp³-hybridized carbons (Fsp3) is 0.333. The molecule has 0 radical (unpaired) electrons. The molecule has 32 heavy (non-hydrogen) atoms. The molecule has 8 heteroatoms. The van der Waals surface area contributed by atoms with Crippen LogP contribution in [0.4, 0.5) is 17.6 Å². The van der Waals surface area contributed by atoms with Gasteiger partial charge in [0.15, 0.2) is 11.5 Å². The Morgan fingerprint density at radius 1 is 1.12 bits per heavy atom. The van der Waals surface area contributed by atoms with Gasteiger partial charge in [-0.2, -0.15) is 0 Å². The summed E-state index contributed by atoms with van der Waals surface area (Å²) in [5.74, 6) is -1.27. The highest BCUT2D eigenvalue weighted by atomic mass is 35.5. The Kier molecular flexibility index (Phi) is 7.51. The maximum Gasteiger partial charge on any atom is 0.586 e. The van der Waals surface area contributed by atoms with Gasteiger partial charge >= 0.3 is 6.29 Å². The second-order valence-corrected chi connectivity index (χ2v) is 8.09. The van der Waals surface area contributed by atoms with Gasteiger partial charge in [-0.05, 0) is 36.6 Å². The van der Waals surface area contributed by atoms with E-state index in [2.05, 4.69) is 14.8 Å². The first-order chi connectivity index (χ1) is 15.1. The minimum atomic E-state index is -3.73. The van der Waals surface area contributed by atoms with E-state index >= 15 is 0 Å². The third-order valence-corrected chi connectivity index (χ3v) is 5.45. The lowest BCUT2D eigenvalue weighted by molar-refractivity contribution is -0.286. The summed E-state index contributed by atoms with van der Waals surface area (Å²) in [6.07, 6.45) is 2.70. The van der Waals surface area contributed by atoms with Crippen molar-refractivity contribution in [3.63, 3.8) is 0 Å². The van der Waals surface area contributed by atoms with Crippen LogP contribution in [0.2, 0.25) is 5.02 Å². The molecule has 0 fully saturated rings. The van der Waals surface area contributed by atoms with Crippen molar-refractivity contribution in [3.8, 4) is 11.5 Å². The molecule has 0 saturated carbocycles. The lowest BCUT2D eigenvalue weighted by atomic mass is 9.98. The highest BCUT2D eigenvalue weighted by molar-refractivity contribution is 6.32. The zero-order valence-corrected chi connectivity index (χ0v) is 18.6. The first-order valence-electron chi connectivity index (χ1n) is 10.3. The van der Waals surface area contributed by atoms with Gasteiger partial charge in [0.25, 0.3) is 0 Å². The summed E-state index contributed by atoms with van der Waals surface area (Å²) in [7, 11) is 0. The summed E-state index contributed by atoms with van der Waals surface area (Å²) >= 11 is 6.36. The van der Waals surface area contributed by atoms with Crippen molar-refractivity contribution in [1.29, 1.82) is 0 Å². The molecule has 2 aromatic carbocycles. The average molecular weight is 470 g/mol. The number of nitrogens with one attached hydrogen (secondary N) is 1. The van der Waals surface area contributed by atoms with E-state index in [1.807, 2.05) is 32.9 Å². The molecule has 0 saturated heterocycles. The standard InChI is InChI=1S/C24H24ClF4NO2/c1-4-14(2)10-16(17-11-22-23(12-19(17)25)32-24(28,29)31-22)9-8-15(3)30-13-18-20(26)6-5-7-21(18)27/h5-12,14-15,30H,4,13H2,1-3H3. The molecule has 172 valence electrons. The number of allylic oxidation sites excluding steroid dienone is 3. The van der Waals surface area contributed by atoms with Crippen molar-refractivity contribution >= 4 is 17.2 Å². The molecule has 3 rings (SSSR count). The van der Waals surface area contributed by atoms with E-state index in [0.29, 0.717) is 11.1 Å². The molecule has 0 spiro atoms. The Labute approximate surface area is 189 Å². The van der Waals surface area contributed by atoms with Crippen LogP contribution >= 0.6 is 11.6 Å². The van der Waals surface area contributed by atoms with Crippen LogP contribution < -0.4 is 14.8 Å². The predicted molar refractivity (Wildman–Crippen MR) is 117 cm³/mol. The van der Waals surface area contributed by atoms with E-state index in [1.54, 1.807) is 6.08 Å². The van der Waals surface area contributed by atoms with E-state index in [1.165, 1.54) is 30.3 Å². The fourth-order valence-electron chi connectivity index (χ4n) is 3.13. The van der Waals surface area contributed by atoms with Gasteiger partial charge in [0.05, 0.1) is 5.02 Å². The molecule has 1 aliphatic heterocycles. The fourth-order valence-corrected chi connectivity index (χ4v) is 3.40. The molecule has 0 aromatic heterocycles. The molecule has 2 aromatic rings. The average Bonchev–Trinajstić information content (AvgIpc) is 3.02. The van der Waals surface area contributed by atoms with Crippen LogP contribution in [0.3, 0.4) is 0 Å². The highest BCUT2D eigenvalue weighted by Gasteiger charge is 2.43. The molecule has 0 bridgehead atoms. The summed E-state index contributed by atoms with van der Waals surface area (Å²) in [5, 5.41) is 3.29. The SMILES string of the molecule is CCC(C)C=C(C=CC(C)NCc1c(F)cccc1F)c1cc2c(cc1Cl)OC(F)(F)O2. The van der Waals surface area contributed by atoms with Crippen molar-refractivity contribution < 1.29 is 27.0 Å². The molecule has 2 atom stereocenters.